The van der Waals surface area contributed by atoms with Gasteiger partial charge in [0.25, 0.3) is 5.91 Å². The molecule has 2 aromatic rings. The molecular formula is C21H22ClNO5. The monoisotopic (exact) mass is 403 g/mol. The molecule has 6 nitrogen and oxygen atoms in total. The lowest BCUT2D eigenvalue weighted by molar-refractivity contribution is -0.147. The van der Waals surface area contributed by atoms with Crippen molar-refractivity contribution in [2.45, 2.75) is 26.7 Å². The number of halogens is 1. The van der Waals surface area contributed by atoms with Gasteiger partial charge in [-0.15, -0.1) is 0 Å². The molecule has 0 aliphatic rings. The third-order valence-electron chi connectivity index (χ3n) is 3.86. The molecule has 0 bridgehead atoms. The average Bonchev–Trinajstić information content (AvgIpc) is 2.68. The number of amides is 1. The zero-order valence-corrected chi connectivity index (χ0v) is 16.5. The van der Waals surface area contributed by atoms with Crippen LogP contribution in [0.5, 0.6) is 5.75 Å². The molecule has 0 aliphatic heterocycles. The van der Waals surface area contributed by atoms with Crippen molar-refractivity contribution >= 4 is 34.9 Å². The van der Waals surface area contributed by atoms with Crippen LogP contribution >= 0.6 is 11.6 Å². The van der Waals surface area contributed by atoms with E-state index in [9.17, 15) is 14.4 Å². The quantitative estimate of drug-likeness (QED) is 0.501. The van der Waals surface area contributed by atoms with Gasteiger partial charge in [0.2, 0.25) is 0 Å². The fourth-order valence-corrected chi connectivity index (χ4v) is 2.53. The number of benzene rings is 2. The molecule has 0 atom stereocenters. The Morgan fingerprint density at radius 2 is 1.75 bits per heavy atom. The number of carbonyl (C=O) groups is 3. The van der Waals surface area contributed by atoms with Gasteiger partial charge in [-0.3, -0.25) is 14.4 Å². The lowest BCUT2D eigenvalue weighted by Gasteiger charge is -2.08. The van der Waals surface area contributed by atoms with Gasteiger partial charge in [-0.05, 0) is 55.8 Å². The van der Waals surface area contributed by atoms with Crippen LogP contribution in [0.4, 0.5) is 5.69 Å². The summed E-state index contributed by atoms with van der Waals surface area (Å²) in [5.41, 5.74) is 1.90. The number of ketones is 1. The molecule has 148 valence electrons. The van der Waals surface area contributed by atoms with Crippen LogP contribution in [0.2, 0.25) is 5.02 Å². The number of Topliss-reactive ketones (excluding diaryl/α,β-unsaturated/α-hetero) is 1. The lowest BCUT2D eigenvalue weighted by Crippen LogP contribution is -2.21. The van der Waals surface area contributed by atoms with Crippen LogP contribution in [0.15, 0.2) is 42.5 Å². The maximum atomic E-state index is 12.1. The minimum Gasteiger partial charge on any atom is -0.494 e. The van der Waals surface area contributed by atoms with Crippen molar-refractivity contribution in [2.75, 3.05) is 18.5 Å². The first-order valence-electron chi connectivity index (χ1n) is 8.86. The zero-order chi connectivity index (χ0) is 20.5. The van der Waals surface area contributed by atoms with Crippen LogP contribution in [0.3, 0.4) is 0 Å². The minimum atomic E-state index is -0.614. The Balaban J connectivity index is 1.73. The summed E-state index contributed by atoms with van der Waals surface area (Å²) in [6.07, 6.45) is -0.0995. The molecule has 0 saturated carbocycles. The number of rotatable bonds is 9. The van der Waals surface area contributed by atoms with E-state index >= 15 is 0 Å². The highest BCUT2D eigenvalue weighted by Gasteiger charge is 2.12. The van der Waals surface area contributed by atoms with E-state index in [1.54, 1.807) is 42.5 Å². The molecule has 0 aromatic heterocycles. The number of esters is 1. The number of anilines is 1. The topological polar surface area (TPSA) is 81.7 Å². The summed E-state index contributed by atoms with van der Waals surface area (Å²) >= 11 is 5.99. The molecule has 0 radical (unpaired) electrons. The Morgan fingerprint density at radius 3 is 2.39 bits per heavy atom. The Morgan fingerprint density at radius 1 is 1.04 bits per heavy atom. The Bertz CT molecular complexity index is 848. The van der Waals surface area contributed by atoms with E-state index in [1.165, 1.54) is 0 Å². The minimum absolute atomic E-state index is 0.00199. The molecule has 0 heterocycles. The predicted molar refractivity (Wildman–Crippen MR) is 107 cm³/mol. The van der Waals surface area contributed by atoms with Crippen LogP contribution in [0.1, 0.15) is 35.7 Å². The highest BCUT2D eigenvalue weighted by molar-refractivity contribution is 6.31. The Kier molecular flexibility index (Phi) is 8.02. The standard InChI is InChI=1S/C21H22ClNO5/c1-3-27-17-8-5-15(6-9-17)19(24)10-11-21(26)28-13-20(25)23-16-7-4-14(2)18(22)12-16/h4-9,12H,3,10-11,13H2,1-2H3,(H,23,25). The second kappa shape index (κ2) is 10.5. The zero-order valence-electron chi connectivity index (χ0n) is 15.8. The van der Waals surface area contributed by atoms with Gasteiger partial charge in [-0.25, -0.2) is 0 Å². The van der Waals surface area contributed by atoms with E-state index in [0.717, 1.165) is 5.56 Å². The van der Waals surface area contributed by atoms with Crippen molar-refractivity contribution in [2.24, 2.45) is 0 Å². The maximum Gasteiger partial charge on any atom is 0.306 e. The summed E-state index contributed by atoms with van der Waals surface area (Å²) in [5.74, 6) is -0.597. The van der Waals surface area contributed by atoms with Gasteiger partial charge in [-0.1, -0.05) is 17.7 Å². The molecule has 0 spiro atoms. The highest BCUT2D eigenvalue weighted by Crippen LogP contribution is 2.20. The molecule has 28 heavy (non-hydrogen) atoms. The lowest BCUT2D eigenvalue weighted by atomic mass is 10.1. The molecule has 1 N–H and O–H groups in total. The second-order valence-electron chi connectivity index (χ2n) is 6.05. The summed E-state index contributed by atoms with van der Waals surface area (Å²) in [6.45, 7) is 3.84. The number of hydrogen-bond donors (Lipinski definition) is 1. The van der Waals surface area contributed by atoms with Crippen molar-refractivity contribution in [3.05, 3.63) is 58.6 Å². The van der Waals surface area contributed by atoms with Crippen molar-refractivity contribution in [1.82, 2.24) is 0 Å². The summed E-state index contributed by atoms with van der Waals surface area (Å²) in [7, 11) is 0. The molecule has 0 aliphatic carbocycles. The van der Waals surface area contributed by atoms with Crippen molar-refractivity contribution < 1.29 is 23.9 Å². The molecule has 0 fully saturated rings. The first-order valence-corrected chi connectivity index (χ1v) is 9.24. The fraction of sp³-hybridized carbons (Fsp3) is 0.286. The van der Waals surface area contributed by atoms with Crippen LogP contribution in [-0.4, -0.2) is 30.9 Å². The van der Waals surface area contributed by atoms with E-state index in [4.69, 9.17) is 21.1 Å². The average molecular weight is 404 g/mol. The number of aryl methyl sites for hydroxylation is 1. The van der Waals surface area contributed by atoms with Crippen LogP contribution in [0.25, 0.3) is 0 Å². The van der Waals surface area contributed by atoms with Gasteiger partial charge < -0.3 is 14.8 Å². The van der Waals surface area contributed by atoms with Gasteiger partial charge in [0.1, 0.15) is 5.75 Å². The third-order valence-corrected chi connectivity index (χ3v) is 4.27. The van der Waals surface area contributed by atoms with E-state index in [1.807, 2.05) is 13.8 Å². The van der Waals surface area contributed by atoms with Crippen molar-refractivity contribution in [3.63, 3.8) is 0 Å². The number of carbonyl (C=O) groups excluding carboxylic acids is 3. The van der Waals surface area contributed by atoms with Gasteiger partial charge in [-0.2, -0.15) is 0 Å². The van der Waals surface area contributed by atoms with Crippen LogP contribution < -0.4 is 10.1 Å². The van der Waals surface area contributed by atoms with Gasteiger partial charge in [0.15, 0.2) is 12.4 Å². The summed E-state index contributed by atoms with van der Waals surface area (Å²) in [6, 6.07) is 11.8. The summed E-state index contributed by atoms with van der Waals surface area (Å²) < 4.78 is 10.2. The van der Waals surface area contributed by atoms with Gasteiger partial charge in [0.05, 0.1) is 13.0 Å². The van der Waals surface area contributed by atoms with E-state index in [-0.39, 0.29) is 18.6 Å². The predicted octanol–water partition coefficient (Wildman–Crippen LogP) is 4.19. The van der Waals surface area contributed by atoms with Gasteiger partial charge >= 0.3 is 5.97 Å². The molecular weight excluding hydrogens is 382 g/mol. The maximum absolute atomic E-state index is 12.1. The number of hydrogen-bond acceptors (Lipinski definition) is 5. The summed E-state index contributed by atoms with van der Waals surface area (Å²) in [4.78, 5) is 35.7. The molecule has 1 amide bonds. The van der Waals surface area contributed by atoms with Crippen molar-refractivity contribution in [3.8, 4) is 5.75 Å². The fourth-order valence-electron chi connectivity index (χ4n) is 2.35. The van der Waals surface area contributed by atoms with Gasteiger partial charge in [0, 0.05) is 22.7 Å². The normalized spacial score (nSPS) is 10.2. The van der Waals surface area contributed by atoms with E-state index < -0.39 is 18.5 Å². The highest BCUT2D eigenvalue weighted by atomic mass is 35.5. The number of nitrogens with one attached hydrogen (secondary N) is 1. The molecule has 2 aromatic carbocycles. The largest absolute Gasteiger partial charge is 0.494 e. The molecule has 0 saturated heterocycles. The third kappa shape index (κ3) is 6.70. The van der Waals surface area contributed by atoms with Crippen LogP contribution in [-0.2, 0) is 14.3 Å². The van der Waals surface area contributed by atoms with Crippen LogP contribution in [0, 0.1) is 6.92 Å². The second-order valence-corrected chi connectivity index (χ2v) is 6.46. The Hall–Kier alpha value is -2.86. The van der Waals surface area contributed by atoms with E-state index in [0.29, 0.717) is 28.6 Å². The summed E-state index contributed by atoms with van der Waals surface area (Å²) in [5, 5.41) is 3.12. The smallest absolute Gasteiger partial charge is 0.306 e. The Labute approximate surface area is 168 Å². The molecule has 0 unspecified atom stereocenters. The van der Waals surface area contributed by atoms with Crippen molar-refractivity contribution in [1.29, 1.82) is 0 Å². The molecule has 2 rings (SSSR count). The van der Waals surface area contributed by atoms with E-state index in [2.05, 4.69) is 5.32 Å². The SMILES string of the molecule is CCOc1ccc(C(=O)CCC(=O)OCC(=O)Nc2ccc(C)c(Cl)c2)cc1. The molecule has 7 heteroatoms. The number of ether oxygens (including phenoxy) is 2. The first-order chi connectivity index (χ1) is 13.4. The first kappa shape index (κ1) is 21.4.